The van der Waals surface area contributed by atoms with E-state index < -0.39 is 0 Å². The molecule has 7 heteroatoms. The van der Waals surface area contributed by atoms with Gasteiger partial charge in [-0.1, -0.05) is 12.1 Å². The highest BCUT2D eigenvalue weighted by molar-refractivity contribution is 5.37. The molecule has 0 saturated carbocycles. The highest BCUT2D eigenvalue weighted by Gasteiger charge is 2.11. The molecule has 0 aliphatic rings. The summed E-state index contributed by atoms with van der Waals surface area (Å²) in [4.78, 5) is 14.1. The van der Waals surface area contributed by atoms with Crippen LogP contribution in [0.4, 0.5) is 5.95 Å². The highest BCUT2D eigenvalue weighted by Crippen LogP contribution is 2.17. The van der Waals surface area contributed by atoms with Gasteiger partial charge in [0, 0.05) is 13.6 Å². The Labute approximate surface area is 122 Å². The number of hydrogen-bond donors (Lipinski definition) is 0. The summed E-state index contributed by atoms with van der Waals surface area (Å²) in [5, 5.41) is 8.92. The van der Waals surface area contributed by atoms with Crippen LogP contribution in [0.25, 0.3) is 0 Å². The lowest BCUT2D eigenvalue weighted by molar-refractivity contribution is 0.340. The van der Waals surface area contributed by atoms with Crippen LogP contribution in [0.15, 0.2) is 24.3 Å². The fourth-order valence-corrected chi connectivity index (χ4v) is 1.76. The molecule has 7 nitrogen and oxygen atoms in total. The van der Waals surface area contributed by atoms with Crippen molar-refractivity contribution in [3.05, 3.63) is 35.4 Å². The minimum Gasteiger partial charge on any atom is -0.467 e. The quantitative estimate of drug-likeness (QED) is 0.820. The predicted molar refractivity (Wildman–Crippen MR) is 76.2 cm³/mol. The first-order valence-electron chi connectivity index (χ1n) is 6.20. The highest BCUT2D eigenvalue weighted by atomic mass is 16.5. The Morgan fingerprint density at radius 2 is 1.81 bits per heavy atom. The third-order valence-electron chi connectivity index (χ3n) is 2.76. The van der Waals surface area contributed by atoms with Crippen molar-refractivity contribution in [2.24, 2.45) is 0 Å². The van der Waals surface area contributed by atoms with Crippen LogP contribution < -0.4 is 14.4 Å². The molecular formula is C14H15N5O2. The molecule has 0 radical (unpaired) electrons. The largest absolute Gasteiger partial charge is 0.467 e. The predicted octanol–water partition coefficient (Wildman–Crippen LogP) is 1.40. The summed E-state index contributed by atoms with van der Waals surface area (Å²) in [6.07, 6.45) is 0. The molecule has 2 rings (SSSR count). The molecule has 21 heavy (non-hydrogen) atoms. The first kappa shape index (κ1) is 14.5. The van der Waals surface area contributed by atoms with E-state index in [1.807, 2.05) is 30.1 Å². The van der Waals surface area contributed by atoms with Gasteiger partial charge in [0.25, 0.3) is 0 Å². The molecule has 0 aliphatic heterocycles. The lowest BCUT2D eigenvalue weighted by atomic mass is 10.1. The van der Waals surface area contributed by atoms with Crippen molar-refractivity contribution >= 4 is 5.95 Å². The monoisotopic (exact) mass is 285 g/mol. The molecule has 2 aromatic rings. The van der Waals surface area contributed by atoms with E-state index in [1.54, 1.807) is 6.07 Å². The van der Waals surface area contributed by atoms with Crippen molar-refractivity contribution in [3.63, 3.8) is 0 Å². The average Bonchev–Trinajstić information content (AvgIpc) is 2.54. The van der Waals surface area contributed by atoms with Crippen LogP contribution in [0.1, 0.15) is 11.1 Å². The van der Waals surface area contributed by atoms with Crippen LogP contribution in [0, 0.1) is 11.3 Å². The van der Waals surface area contributed by atoms with Crippen LogP contribution in [-0.4, -0.2) is 36.2 Å². The number of ether oxygens (including phenoxy) is 2. The minimum atomic E-state index is 0.189. The number of aromatic nitrogens is 3. The topological polar surface area (TPSA) is 84.2 Å². The van der Waals surface area contributed by atoms with Gasteiger partial charge < -0.3 is 14.4 Å². The van der Waals surface area contributed by atoms with E-state index in [4.69, 9.17) is 14.7 Å². The number of nitriles is 1. The first-order valence-corrected chi connectivity index (χ1v) is 6.20. The van der Waals surface area contributed by atoms with Gasteiger partial charge in [0.15, 0.2) is 0 Å². The number of rotatable bonds is 5. The maximum Gasteiger partial charge on any atom is 0.324 e. The summed E-state index contributed by atoms with van der Waals surface area (Å²) in [7, 11) is 4.80. The van der Waals surface area contributed by atoms with E-state index in [0.717, 1.165) is 5.56 Å². The van der Waals surface area contributed by atoms with Crippen molar-refractivity contribution < 1.29 is 9.47 Å². The lowest BCUT2D eigenvalue weighted by Crippen LogP contribution is -2.20. The summed E-state index contributed by atoms with van der Waals surface area (Å²) in [6.45, 7) is 0.547. The molecule has 0 N–H and O–H groups in total. The second-order valence-corrected chi connectivity index (χ2v) is 4.28. The Morgan fingerprint density at radius 3 is 2.38 bits per heavy atom. The molecule has 0 fully saturated rings. The molecule has 0 spiro atoms. The normalized spacial score (nSPS) is 9.81. The molecule has 0 unspecified atom stereocenters. The van der Waals surface area contributed by atoms with E-state index in [9.17, 15) is 0 Å². The Bertz CT molecular complexity index is 646. The fourth-order valence-electron chi connectivity index (χ4n) is 1.76. The molecule has 0 atom stereocenters. The fraction of sp³-hybridized carbons (Fsp3) is 0.286. The molecule has 1 aromatic carbocycles. The lowest BCUT2D eigenvalue weighted by Gasteiger charge is -2.17. The smallest absolute Gasteiger partial charge is 0.324 e. The second kappa shape index (κ2) is 6.52. The van der Waals surface area contributed by atoms with Crippen LogP contribution in [0.5, 0.6) is 12.0 Å². The van der Waals surface area contributed by atoms with E-state index >= 15 is 0 Å². The van der Waals surface area contributed by atoms with Gasteiger partial charge in [-0.25, -0.2) is 0 Å². The van der Waals surface area contributed by atoms with Crippen LogP contribution >= 0.6 is 0 Å². The number of benzene rings is 1. The molecule has 0 bridgehead atoms. The second-order valence-electron chi connectivity index (χ2n) is 4.28. The van der Waals surface area contributed by atoms with Gasteiger partial charge in [0.1, 0.15) is 0 Å². The zero-order chi connectivity index (χ0) is 15.2. The van der Waals surface area contributed by atoms with E-state index in [1.165, 1.54) is 14.2 Å². The summed E-state index contributed by atoms with van der Waals surface area (Å²) in [6, 6.07) is 9.86. The van der Waals surface area contributed by atoms with Crippen LogP contribution in [-0.2, 0) is 6.54 Å². The zero-order valence-electron chi connectivity index (χ0n) is 12.1. The van der Waals surface area contributed by atoms with Gasteiger partial charge in [-0.2, -0.15) is 15.2 Å². The molecule has 0 saturated heterocycles. The third-order valence-corrected chi connectivity index (χ3v) is 2.76. The summed E-state index contributed by atoms with van der Waals surface area (Å²) < 4.78 is 10.0. The number of nitrogens with zero attached hydrogens (tertiary/aromatic N) is 5. The van der Waals surface area contributed by atoms with Crippen LogP contribution in [0.3, 0.4) is 0 Å². The summed E-state index contributed by atoms with van der Waals surface area (Å²) in [5.74, 6) is 0.432. The number of anilines is 1. The van der Waals surface area contributed by atoms with Crippen molar-refractivity contribution in [1.82, 2.24) is 15.0 Å². The van der Waals surface area contributed by atoms with Crippen molar-refractivity contribution in [2.75, 3.05) is 26.2 Å². The SMILES string of the molecule is COc1nc(OC)nc(N(C)Cc2cccc(C#N)c2)n1. The molecular weight excluding hydrogens is 270 g/mol. The van der Waals surface area contributed by atoms with E-state index in [2.05, 4.69) is 21.0 Å². The zero-order valence-corrected chi connectivity index (χ0v) is 12.1. The van der Waals surface area contributed by atoms with Crippen molar-refractivity contribution in [1.29, 1.82) is 5.26 Å². The standard InChI is InChI=1S/C14H15N5O2/c1-19(9-11-6-4-5-10(7-11)8-15)12-16-13(20-2)18-14(17-12)21-3/h4-7H,9H2,1-3H3. The molecule has 1 aromatic heterocycles. The molecule has 108 valence electrons. The van der Waals surface area contributed by atoms with Gasteiger partial charge in [0.05, 0.1) is 25.9 Å². The third kappa shape index (κ3) is 3.57. The summed E-state index contributed by atoms with van der Waals surface area (Å²) >= 11 is 0. The Hall–Kier alpha value is -2.88. The van der Waals surface area contributed by atoms with Crippen LogP contribution in [0.2, 0.25) is 0 Å². The van der Waals surface area contributed by atoms with Gasteiger partial charge in [0.2, 0.25) is 5.95 Å². The van der Waals surface area contributed by atoms with Gasteiger partial charge in [-0.3, -0.25) is 0 Å². The Morgan fingerprint density at radius 1 is 1.14 bits per heavy atom. The maximum absolute atomic E-state index is 8.92. The van der Waals surface area contributed by atoms with Gasteiger partial charge >= 0.3 is 12.0 Å². The Balaban J connectivity index is 2.23. The van der Waals surface area contributed by atoms with Crippen molar-refractivity contribution in [2.45, 2.75) is 6.54 Å². The van der Waals surface area contributed by atoms with Crippen molar-refractivity contribution in [3.8, 4) is 18.1 Å². The number of hydrogen-bond acceptors (Lipinski definition) is 7. The molecule has 0 aliphatic carbocycles. The van der Waals surface area contributed by atoms with E-state index in [-0.39, 0.29) is 12.0 Å². The first-order chi connectivity index (χ1) is 10.2. The summed E-state index contributed by atoms with van der Waals surface area (Å²) in [5.41, 5.74) is 1.60. The van der Waals surface area contributed by atoms with Gasteiger partial charge in [-0.05, 0) is 17.7 Å². The molecule has 0 amide bonds. The minimum absolute atomic E-state index is 0.189. The van der Waals surface area contributed by atoms with E-state index in [0.29, 0.717) is 18.1 Å². The average molecular weight is 285 g/mol. The van der Waals surface area contributed by atoms with Gasteiger partial charge in [-0.15, -0.1) is 4.98 Å². The molecule has 1 heterocycles. The number of methoxy groups -OCH3 is 2. The maximum atomic E-state index is 8.92. The Kier molecular flexibility index (Phi) is 4.51.